The Balaban J connectivity index is 1.47. The van der Waals surface area contributed by atoms with Gasteiger partial charge < -0.3 is 18.9 Å². The lowest BCUT2D eigenvalue weighted by atomic mass is 10.2. The van der Waals surface area contributed by atoms with Crippen molar-refractivity contribution in [2.45, 2.75) is 44.8 Å². The molecule has 1 aromatic rings. The topological polar surface area (TPSA) is 95.1 Å². The van der Waals surface area contributed by atoms with Crippen LogP contribution in [0.25, 0.3) is 0 Å². The Labute approximate surface area is 158 Å². The summed E-state index contributed by atoms with van der Waals surface area (Å²) in [5, 5.41) is 5.35. The second-order valence-corrected chi connectivity index (χ2v) is 6.75. The van der Waals surface area contributed by atoms with Gasteiger partial charge in [0.1, 0.15) is 13.2 Å². The number of carbonyl (C=O) groups excluding carboxylic acids is 2. The van der Waals surface area contributed by atoms with E-state index >= 15 is 0 Å². The molecule has 3 rings (SSSR count). The van der Waals surface area contributed by atoms with Crippen molar-refractivity contribution in [3.63, 3.8) is 0 Å². The van der Waals surface area contributed by atoms with Gasteiger partial charge in [0.05, 0.1) is 12.2 Å². The van der Waals surface area contributed by atoms with Crippen LogP contribution < -0.4 is 10.6 Å². The van der Waals surface area contributed by atoms with Gasteiger partial charge in [0, 0.05) is 24.6 Å². The van der Waals surface area contributed by atoms with Gasteiger partial charge in [0.2, 0.25) is 0 Å². The molecule has 0 aliphatic carbocycles. The molecule has 2 saturated heterocycles. The number of benzene rings is 1. The molecule has 2 N–H and O–H groups in total. The van der Waals surface area contributed by atoms with Crippen LogP contribution in [0.5, 0.6) is 0 Å². The van der Waals surface area contributed by atoms with Crippen LogP contribution in [-0.2, 0) is 18.9 Å². The number of amides is 2. The Hall–Kier alpha value is -2.32. The molecule has 27 heavy (non-hydrogen) atoms. The smallest absolute Gasteiger partial charge is 0.411 e. The zero-order chi connectivity index (χ0) is 19.1. The summed E-state index contributed by atoms with van der Waals surface area (Å²) >= 11 is 0. The Morgan fingerprint density at radius 3 is 2.15 bits per heavy atom. The van der Waals surface area contributed by atoms with E-state index in [1.807, 2.05) is 6.92 Å². The van der Waals surface area contributed by atoms with E-state index in [4.69, 9.17) is 18.9 Å². The van der Waals surface area contributed by atoms with Crippen LogP contribution in [0.2, 0.25) is 0 Å². The van der Waals surface area contributed by atoms with Crippen LogP contribution in [-0.4, -0.2) is 50.8 Å². The zero-order valence-corrected chi connectivity index (χ0v) is 15.5. The van der Waals surface area contributed by atoms with E-state index in [-0.39, 0.29) is 25.4 Å². The second-order valence-electron chi connectivity index (χ2n) is 6.75. The van der Waals surface area contributed by atoms with Gasteiger partial charge in [-0.25, -0.2) is 9.59 Å². The summed E-state index contributed by atoms with van der Waals surface area (Å²) in [7, 11) is 0. The molecule has 0 bridgehead atoms. The molecule has 148 valence electrons. The van der Waals surface area contributed by atoms with Crippen molar-refractivity contribution in [2.24, 2.45) is 0 Å². The highest BCUT2D eigenvalue weighted by atomic mass is 16.6. The molecule has 2 heterocycles. The lowest BCUT2D eigenvalue weighted by Crippen LogP contribution is -2.22. The van der Waals surface area contributed by atoms with Crippen LogP contribution in [0.4, 0.5) is 21.0 Å². The highest BCUT2D eigenvalue weighted by molar-refractivity contribution is 5.89. The molecule has 0 aromatic heterocycles. The first-order valence-corrected chi connectivity index (χ1v) is 9.31. The number of carbonyl (C=O) groups is 2. The number of hydrogen-bond donors (Lipinski definition) is 2. The van der Waals surface area contributed by atoms with Gasteiger partial charge in [-0.3, -0.25) is 10.6 Å². The number of ether oxygens (including phenoxy) is 4. The Morgan fingerprint density at radius 1 is 1.00 bits per heavy atom. The summed E-state index contributed by atoms with van der Waals surface area (Å²) in [6.07, 6.45) is 2.64. The Kier molecular flexibility index (Phi) is 6.89. The SMILES string of the molecule is Cc1ccc(NC(=O)OC[C@H]2CCCO2)cc1NC(=O)OC[C@H]1CCCO1. The molecule has 0 unspecified atom stereocenters. The van der Waals surface area contributed by atoms with Gasteiger partial charge in [-0.15, -0.1) is 0 Å². The van der Waals surface area contributed by atoms with Crippen molar-refractivity contribution in [3.05, 3.63) is 23.8 Å². The van der Waals surface area contributed by atoms with Crippen molar-refractivity contribution >= 4 is 23.6 Å². The van der Waals surface area contributed by atoms with Gasteiger partial charge >= 0.3 is 12.2 Å². The van der Waals surface area contributed by atoms with E-state index in [2.05, 4.69) is 10.6 Å². The lowest BCUT2D eigenvalue weighted by molar-refractivity contribution is 0.0484. The Bertz CT molecular complexity index is 654. The first-order valence-electron chi connectivity index (χ1n) is 9.31. The van der Waals surface area contributed by atoms with Crippen LogP contribution in [0.3, 0.4) is 0 Å². The number of anilines is 2. The van der Waals surface area contributed by atoms with Crippen molar-refractivity contribution < 1.29 is 28.5 Å². The van der Waals surface area contributed by atoms with Gasteiger partial charge in [-0.05, 0) is 50.3 Å². The Morgan fingerprint density at radius 2 is 1.59 bits per heavy atom. The van der Waals surface area contributed by atoms with Crippen LogP contribution in [0, 0.1) is 6.92 Å². The fourth-order valence-corrected chi connectivity index (χ4v) is 3.02. The fraction of sp³-hybridized carbons (Fsp3) is 0.579. The highest BCUT2D eigenvalue weighted by Gasteiger charge is 2.19. The van der Waals surface area contributed by atoms with Gasteiger partial charge in [-0.1, -0.05) is 6.07 Å². The molecule has 1 aromatic carbocycles. The number of nitrogens with one attached hydrogen (secondary N) is 2. The first-order chi connectivity index (χ1) is 13.1. The van der Waals surface area contributed by atoms with Gasteiger partial charge in [0.25, 0.3) is 0 Å². The largest absolute Gasteiger partial charge is 0.447 e. The van der Waals surface area contributed by atoms with E-state index < -0.39 is 12.2 Å². The maximum Gasteiger partial charge on any atom is 0.411 e. The van der Waals surface area contributed by atoms with E-state index in [1.165, 1.54) is 0 Å². The molecule has 2 fully saturated rings. The van der Waals surface area contributed by atoms with Crippen molar-refractivity contribution in [1.82, 2.24) is 0 Å². The van der Waals surface area contributed by atoms with Gasteiger partial charge in [-0.2, -0.15) is 0 Å². The van der Waals surface area contributed by atoms with Crippen molar-refractivity contribution in [1.29, 1.82) is 0 Å². The third-order valence-corrected chi connectivity index (χ3v) is 4.57. The number of hydrogen-bond acceptors (Lipinski definition) is 6. The van der Waals surface area contributed by atoms with Gasteiger partial charge in [0.15, 0.2) is 0 Å². The number of aryl methyl sites for hydroxylation is 1. The van der Waals surface area contributed by atoms with E-state index in [0.29, 0.717) is 24.6 Å². The monoisotopic (exact) mass is 378 g/mol. The van der Waals surface area contributed by atoms with E-state index in [1.54, 1.807) is 18.2 Å². The number of rotatable bonds is 6. The molecule has 2 aliphatic rings. The first kappa shape index (κ1) is 19.4. The third kappa shape index (κ3) is 6.11. The maximum atomic E-state index is 12.0. The summed E-state index contributed by atoms with van der Waals surface area (Å²) in [6.45, 7) is 3.75. The minimum absolute atomic E-state index is 0.0235. The van der Waals surface area contributed by atoms with Crippen LogP contribution >= 0.6 is 0 Å². The molecule has 2 amide bonds. The zero-order valence-electron chi connectivity index (χ0n) is 15.5. The molecule has 0 radical (unpaired) electrons. The summed E-state index contributed by atoms with van der Waals surface area (Å²) < 4.78 is 21.2. The van der Waals surface area contributed by atoms with E-state index in [9.17, 15) is 9.59 Å². The minimum atomic E-state index is -0.554. The van der Waals surface area contributed by atoms with Crippen LogP contribution in [0.15, 0.2) is 18.2 Å². The molecule has 2 atom stereocenters. The quantitative estimate of drug-likeness (QED) is 0.787. The standard InChI is InChI=1S/C19H26N2O6/c1-13-6-7-14(20-18(22)26-11-15-4-2-8-24-15)10-17(13)21-19(23)27-12-16-5-3-9-25-16/h6-7,10,15-16H,2-5,8-9,11-12H2,1H3,(H,20,22)(H,21,23)/t15-,16-/m1/s1. The molecular weight excluding hydrogens is 352 g/mol. The average molecular weight is 378 g/mol. The lowest BCUT2D eigenvalue weighted by Gasteiger charge is -2.14. The maximum absolute atomic E-state index is 12.0. The molecule has 0 spiro atoms. The average Bonchev–Trinajstić information content (AvgIpc) is 3.35. The van der Waals surface area contributed by atoms with E-state index in [0.717, 1.165) is 31.2 Å². The molecule has 8 nitrogen and oxygen atoms in total. The normalized spacial score (nSPS) is 21.7. The molecule has 0 saturated carbocycles. The van der Waals surface area contributed by atoms with Crippen LogP contribution in [0.1, 0.15) is 31.2 Å². The van der Waals surface area contributed by atoms with Crippen molar-refractivity contribution in [3.8, 4) is 0 Å². The summed E-state index contributed by atoms with van der Waals surface area (Å²) in [5.41, 5.74) is 1.93. The predicted molar refractivity (Wildman–Crippen MR) is 99.1 cm³/mol. The summed E-state index contributed by atoms with van der Waals surface area (Å²) in [6, 6.07) is 5.20. The second kappa shape index (κ2) is 9.57. The predicted octanol–water partition coefficient (Wildman–Crippen LogP) is 3.45. The minimum Gasteiger partial charge on any atom is -0.447 e. The summed E-state index contributed by atoms with van der Waals surface area (Å²) in [5.74, 6) is 0. The molecule has 2 aliphatic heterocycles. The molecular formula is C19H26N2O6. The summed E-state index contributed by atoms with van der Waals surface area (Å²) in [4.78, 5) is 23.9. The molecule has 8 heteroatoms. The van der Waals surface area contributed by atoms with Crippen molar-refractivity contribution in [2.75, 3.05) is 37.1 Å². The highest BCUT2D eigenvalue weighted by Crippen LogP contribution is 2.21. The fourth-order valence-electron chi connectivity index (χ4n) is 3.02. The third-order valence-electron chi connectivity index (χ3n) is 4.57.